The molecule has 0 aromatic heterocycles. The van der Waals surface area contributed by atoms with Gasteiger partial charge in [-0.2, -0.15) is 0 Å². The van der Waals surface area contributed by atoms with Crippen LogP contribution in [-0.4, -0.2) is 46.2 Å². The van der Waals surface area contributed by atoms with Crippen molar-refractivity contribution >= 4 is 12.7 Å². The number of nitrogens with zero attached hydrogens (tertiary/aromatic N) is 1. The second kappa shape index (κ2) is 2.38. The van der Waals surface area contributed by atoms with E-state index in [0.717, 1.165) is 0 Å². The van der Waals surface area contributed by atoms with E-state index in [1.807, 2.05) is 0 Å². The number of hydrogen-bond acceptors (Lipinski definition) is 2. The number of carbonyl (C=O) groups is 1. The number of hydrogen-bond donors (Lipinski definition) is 2. The van der Waals surface area contributed by atoms with Gasteiger partial charge in [-0.25, -0.2) is 9.37 Å². The zero-order chi connectivity index (χ0) is 7.72. The highest BCUT2D eigenvalue weighted by molar-refractivity contribution is 5.72. The molecule has 56 valence electrons. The third-order valence-corrected chi connectivity index (χ3v) is 1.67. The molecule has 2 atom stereocenters. The molecule has 0 spiro atoms. The molecule has 0 aromatic carbocycles. The van der Waals surface area contributed by atoms with Gasteiger partial charge in [0.05, 0.1) is 6.42 Å². The fourth-order valence-electron chi connectivity index (χ4n) is 1.14. The average Bonchev–Trinajstić information content (AvgIpc) is 2.10. The van der Waals surface area contributed by atoms with Crippen molar-refractivity contribution in [3.05, 3.63) is 0 Å². The molecule has 0 aromatic rings. The summed E-state index contributed by atoms with van der Waals surface area (Å²) in [6.45, 7) is 3.84. The van der Waals surface area contributed by atoms with Crippen molar-refractivity contribution in [3.8, 4) is 0 Å². The number of aliphatic hydroxyl groups excluding tert-OH is 1. The molecule has 4 nitrogen and oxygen atoms in total. The van der Waals surface area contributed by atoms with E-state index in [-0.39, 0.29) is 0 Å². The van der Waals surface area contributed by atoms with Gasteiger partial charge >= 0.3 is 5.97 Å². The summed E-state index contributed by atoms with van der Waals surface area (Å²) >= 11 is 0. The number of aliphatic hydroxyl groups is 1. The molecule has 1 aliphatic heterocycles. The SMILES string of the molecule is C=[N+]1CC(O)CC1C(=O)O. The molecule has 1 saturated heterocycles. The number of aliphatic carboxylic acids is 1. The molecule has 1 rings (SSSR count). The molecule has 0 aliphatic carbocycles. The fraction of sp³-hybridized carbons (Fsp3) is 0.667. The van der Waals surface area contributed by atoms with Crippen LogP contribution in [0, 0.1) is 0 Å². The van der Waals surface area contributed by atoms with Crippen molar-refractivity contribution in [2.75, 3.05) is 6.54 Å². The van der Waals surface area contributed by atoms with Crippen LogP contribution in [0.1, 0.15) is 6.42 Å². The minimum Gasteiger partial charge on any atom is -0.476 e. The molecule has 0 radical (unpaired) electrons. The predicted octanol–water partition coefficient (Wildman–Crippen LogP) is -1.08. The van der Waals surface area contributed by atoms with Crippen LogP contribution < -0.4 is 0 Å². The molecule has 0 saturated carbocycles. The maximum Gasteiger partial charge on any atom is 0.373 e. The highest BCUT2D eigenvalue weighted by Crippen LogP contribution is 2.11. The summed E-state index contributed by atoms with van der Waals surface area (Å²) in [6.07, 6.45) is -0.239. The highest BCUT2D eigenvalue weighted by Gasteiger charge is 2.38. The van der Waals surface area contributed by atoms with Gasteiger partial charge in [0, 0.05) is 0 Å². The van der Waals surface area contributed by atoms with Gasteiger partial charge in [-0.1, -0.05) is 0 Å². The summed E-state index contributed by atoms with van der Waals surface area (Å²) in [6, 6.07) is -0.602. The Bertz CT molecular complexity index is 178. The number of β-amino-alcohol motifs (C(OH)–C–C–N with tert-alkyl or cyclic N) is 1. The Morgan fingerprint density at radius 1 is 1.70 bits per heavy atom. The second-order valence-electron chi connectivity index (χ2n) is 2.51. The maximum atomic E-state index is 10.4. The topological polar surface area (TPSA) is 60.5 Å². The summed E-state index contributed by atoms with van der Waals surface area (Å²) in [5.41, 5.74) is 0. The van der Waals surface area contributed by atoms with Crippen LogP contribution in [0.3, 0.4) is 0 Å². The first-order chi connectivity index (χ1) is 4.61. The molecule has 1 heterocycles. The van der Waals surface area contributed by atoms with Crippen LogP contribution in [0.4, 0.5) is 0 Å². The van der Waals surface area contributed by atoms with Gasteiger partial charge in [0.1, 0.15) is 12.8 Å². The minimum atomic E-state index is -0.911. The van der Waals surface area contributed by atoms with Crippen molar-refractivity contribution in [2.45, 2.75) is 18.6 Å². The van der Waals surface area contributed by atoms with E-state index in [1.165, 1.54) is 4.58 Å². The Morgan fingerprint density at radius 2 is 2.30 bits per heavy atom. The summed E-state index contributed by atoms with van der Waals surface area (Å²) < 4.78 is 1.40. The number of carboxylic acid groups (broad SMARTS) is 1. The first kappa shape index (κ1) is 7.21. The second-order valence-corrected chi connectivity index (χ2v) is 2.51. The van der Waals surface area contributed by atoms with E-state index >= 15 is 0 Å². The average molecular weight is 144 g/mol. The Morgan fingerprint density at radius 3 is 2.50 bits per heavy atom. The van der Waals surface area contributed by atoms with Crippen molar-refractivity contribution in [3.63, 3.8) is 0 Å². The molecule has 2 N–H and O–H groups in total. The lowest BCUT2D eigenvalue weighted by atomic mass is 10.2. The lowest BCUT2D eigenvalue weighted by molar-refractivity contribution is -0.527. The van der Waals surface area contributed by atoms with Gasteiger partial charge in [0.15, 0.2) is 6.54 Å². The van der Waals surface area contributed by atoms with Crippen molar-refractivity contribution in [1.82, 2.24) is 0 Å². The lowest BCUT2D eigenvalue weighted by Crippen LogP contribution is -2.26. The van der Waals surface area contributed by atoms with E-state index in [4.69, 9.17) is 10.2 Å². The monoisotopic (exact) mass is 144 g/mol. The highest BCUT2D eigenvalue weighted by atomic mass is 16.4. The van der Waals surface area contributed by atoms with E-state index in [9.17, 15) is 4.79 Å². The molecule has 10 heavy (non-hydrogen) atoms. The van der Waals surface area contributed by atoms with Gasteiger partial charge in [-0.15, -0.1) is 0 Å². The number of rotatable bonds is 1. The standard InChI is InChI=1S/C6H9NO3/c1-7-3-4(8)2-5(7)6(9)10/h4-5,8H,1-3H2/p+1. The third-order valence-electron chi connectivity index (χ3n) is 1.67. The van der Waals surface area contributed by atoms with Crippen LogP contribution in [0.2, 0.25) is 0 Å². The minimum absolute atomic E-state index is 0.291. The summed E-state index contributed by atoms with van der Waals surface area (Å²) in [5, 5.41) is 17.5. The van der Waals surface area contributed by atoms with Gasteiger partial charge in [0.25, 0.3) is 6.04 Å². The van der Waals surface area contributed by atoms with Crippen molar-refractivity contribution < 1.29 is 19.6 Å². The van der Waals surface area contributed by atoms with Crippen LogP contribution in [0.15, 0.2) is 0 Å². The van der Waals surface area contributed by atoms with E-state index in [2.05, 4.69) is 6.72 Å². The van der Waals surface area contributed by atoms with Crippen molar-refractivity contribution in [2.24, 2.45) is 0 Å². The first-order valence-electron chi connectivity index (χ1n) is 3.09. The zero-order valence-electron chi connectivity index (χ0n) is 5.53. The predicted molar refractivity (Wildman–Crippen MR) is 34.3 cm³/mol. The molecule has 1 aliphatic rings. The summed E-state index contributed by atoms with van der Waals surface area (Å²) in [5.74, 6) is -0.911. The van der Waals surface area contributed by atoms with Crippen LogP contribution in [-0.2, 0) is 4.79 Å². The van der Waals surface area contributed by atoms with Gasteiger partial charge in [0.2, 0.25) is 0 Å². The molecular weight excluding hydrogens is 134 g/mol. The van der Waals surface area contributed by atoms with Gasteiger partial charge in [-0.3, -0.25) is 0 Å². The Labute approximate surface area is 58.4 Å². The van der Waals surface area contributed by atoms with E-state index in [0.29, 0.717) is 13.0 Å². The Hall–Kier alpha value is -0.900. The van der Waals surface area contributed by atoms with Crippen LogP contribution >= 0.6 is 0 Å². The number of carboxylic acids is 1. The molecule has 0 amide bonds. The maximum absolute atomic E-state index is 10.4. The fourth-order valence-corrected chi connectivity index (χ4v) is 1.14. The molecule has 1 fully saturated rings. The smallest absolute Gasteiger partial charge is 0.373 e. The summed E-state index contributed by atoms with van der Waals surface area (Å²) in [4.78, 5) is 10.4. The first-order valence-corrected chi connectivity index (χ1v) is 3.09. The molecular formula is C6H10NO3+. The van der Waals surface area contributed by atoms with E-state index < -0.39 is 18.1 Å². The van der Waals surface area contributed by atoms with Crippen LogP contribution in [0.5, 0.6) is 0 Å². The molecule has 4 heteroatoms. The van der Waals surface area contributed by atoms with Crippen molar-refractivity contribution in [1.29, 1.82) is 0 Å². The lowest BCUT2D eigenvalue weighted by Gasteiger charge is -1.96. The van der Waals surface area contributed by atoms with E-state index in [1.54, 1.807) is 0 Å². The third kappa shape index (κ3) is 1.16. The zero-order valence-corrected chi connectivity index (χ0v) is 5.53. The Kier molecular flexibility index (Phi) is 1.72. The quantitative estimate of drug-likeness (QED) is 0.460. The summed E-state index contributed by atoms with van der Waals surface area (Å²) in [7, 11) is 0. The van der Waals surface area contributed by atoms with Gasteiger partial charge < -0.3 is 10.2 Å². The normalized spacial score (nSPS) is 32.7. The molecule has 0 bridgehead atoms. The van der Waals surface area contributed by atoms with Gasteiger partial charge in [-0.05, 0) is 0 Å². The largest absolute Gasteiger partial charge is 0.476 e. The molecule has 2 unspecified atom stereocenters. The van der Waals surface area contributed by atoms with Crippen LogP contribution in [0.25, 0.3) is 0 Å². The Balaban J connectivity index is 2.63.